The Hall–Kier alpha value is -2.76. The number of amides is 1. The number of nitrogens with zero attached hydrogens (tertiary/aromatic N) is 2. The van der Waals surface area contributed by atoms with Crippen molar-refractivity contribution in [3.05, 3.63) is 71.0 Å². The Morgan fingerprint density at radius 2 is 1.80 bits per heavy atom. The molecule has 3 atom stereocenters. The van der Waals surface area contributed by atoms with E-state index < -0.39 is 23.8 Å². The zero-order valence-corrected chi connectivity index (χ0v) is 17.4. The second-order valence-corrected chi connectivity index (χ2v) is 8.98. The van der Waals surface area contributed by atoms with Gasteiger partial charge in [-0.15, -0.1) is 0 Å². The first kappa shape index (κ1) is 20.5. The van der Waals surface area contributed by atoms with Gasteiger partial charge >= 0.3 is 6.09 Å². The molecule has 0 N–H and O–H groups in total. The van der Waals surface area contributed by atoms with Crippen LogP contribution in [0.15, 0.2) is 53.5 Å². The van der Waals surface area contributed by atoms with Gasteiger partial charge in [0.05, 0.1) is 18.3 Å². The van der Waals surface area contributed by atoms with Crippen LogP contribution in [0, 0.1) is 11.7 Å². The van der Waals surface area contributed by atoms with Crippen LogP contribution in [0.3, 0.4) is 0 Å². The molecule has 1 amide bonds. The minimum atomic E-state index is -1.18. The minimum absolute atomic E-state index is 0.0130. The number of carbonyl (C=O) groups is 1. The molecule has 1 unspecified atom stereocenters. The van der Waals surface area contributed by atoms with E-state index >= 15 is 4.39 Å². The van der Waals surface area contributed by atoms with Gasteiger partial charge in [0, 0.05) is 23.6 Å². The first-order valence-corrected chi connectivity index (χ1v) is 10.3. The second-order valence-electron chi connectivity index (χ2n) is 8.98. The predicted molar refractivity (Wildman–Crippen MR) is 112 cm³/mol. The van der Waals surface area contributed by atoms with Crippen molar-refractivity contribution in [3.8, 4) is 0 Å². The van der Waals surface area contributed by atoms with Crippen molar-refractivity contribution in [3.63, 3.8) is 0 Å². The Morgan fingerprint density at radius 3 is 2.50 bits per heavy atom. The summed E-state index contributed by atoms with van der Waals surface area (Å²) in [5.74, 6) is -0.728. The van der Waals surface area contributed by atoms with E-state index in [2.05, 4.69) is 0 Å². The summed E-state index contributed by atoms with van der Waals surface area (Å²) in [4.78, 5) is 18.8. The lowest BCUT2D eigenvalue weighted by molar-refractivity contribution is 0.0280. The van der Waals surface area contributed by atoms with Gasteiger partial charge in [0.25, 0.3) is 0 Å². The van der Waals surface area contributed by atoms with E-state index in [0.717, 1.165) is 22.4 Å². The molecule has 6 heteroatoms. The molecule has 1 fully saturated rings. The first-order chi connectivity index (χ1) is 14.2. The summed E-state index contributed by atoms with van der Waals surface area (Å²) in [5.41, 5.74) is 2.98. The van der Waals surface area contributed by atoms with Crippen LogP contribution in [-0.2, 0) is 11.2 Å². The average Bonchev–Trinajstić information content (AvgIpc) is 3.08. The van der Waals surface area contributed by atoms with Gasteiger partial charge in [0.2, 0.25) is 0 Å². The van der Waals surface area contributed by atoms with Crippen molar-refractivity contribution in [2.75, 3.05) is 13.1 Å². The molecule has 30 heavy (non-hydrogen) atoms. The fourth-order valence-electron chi connectivity index (χ4n) is 4.15. The average molecular weight is 412 g/mol. The van der Waals surface area contributed by atoms with Gasteiger partial charge in [-0.3, -0.25) is 4.99 Å². The van der Waals surface area contributed by atoms with E-state index in [1.165, 1.54) is 17.0 Å². The van der Waals surface area contributed by atoms with E-state index in [1.807, 2.05) is 24.3 Å². The lowest BCUT2D eigenvalue weighted by Gasteiger charge is -2.29. The van der Waals surface area contributed by atoms with Crippen molar-refractivity contribution in [2.45, 2.75) is 45.0 Å². The van der Waals surface area contributed by atoms with Gasteiger partial charge in [0.1, 0.15) is 17.6 Å². The van der Waals surface area contributed by atoms with Crippen molar-refractivity contribution < 1.29 is 18.3 Å². The topological polar surface area (TPSA) is 41.9 Å². The molecule has 158 valence electrons. The van der Waals surface area contributed by atoms with Crippen LogP contribution in [-0.4, -0.2) is 47.6 Å². The molecule has 2 aromatic carbocycles. The lowest BCUT2D eigenvalue weighted by atomic mass is 9.85. The first-order valence-electron chi connectivity index (χ1n) is 10.3. The third-order valence-electron chi connectivity index (χ3n) is 5.55. The Balaban J connectivity index is 1.62. The molecule has 0 aliphatic carbocycles. The predicted octanol–water partition coefficient (Wildman–Crippen LogP) is 4.79. The van der Waals surface area contributed by atoms with Crippen molar-refractivity contribution in [1.29, 1.82) is 0 Å². The standard InChI is InChI=1S/C24H26F2N2O2/c1-24(2,3)30-23(29)28-13-19(20(26)14-28)21-12-16-6-4-5-7-18(16)22(27-21)15-8-10-17(25)11-9-15/h4-11,19-21H,12-14H2,1-3H3/t19?,20-,21+/m1/s1. The molecule has 2 aliphatic heterocycles. The Bertz CT molecular complexity index is 966. The highest BCUT2D eigenvalue weighted by Crippen LogP contribution is 2.33. The van der Waals surface area contributed by atoms with E-state index in [0.29, 0.717) is 6.42 Å². The second kappa shape index (κ2) is 7.82. The molecule has 0 spiro atoms. The highest BCUT2D eigenvalue weighted by Gasteiger charge is 2.42. The van der Waals surface area contributed by atoms with Gasteiger partial charge in [-0.05, 0) is 57.0 Å². The number of carbonyl (C=O) groups excluding carboxylic acids is 1. The number of aliphatic imine (C=N–C) groups is 1. The fraction of sp³-hybridized carbons (Fsp3) is 0.417. The Labute approximate surface area is 175 Å². The number of benzene rings is 2. The van der Waals surface area contributed by atoms with E-state index in [-0.39, 0.29) is 24.9 Å². The minimum Gasteiger partial charge on any atom is -0.444 e. The number of alkyl halides is 1. The maximum Gasteiger partial charge on any atom is 0.410 e. The number of ether oxygens (including phenoxy) is 1. The zero-order valence-electron chi connectivity index (χ0n) is 17.4. The Morgan fingerprint density at radius 1 is 1.10 bits per heavy atom. The van der Waals surface area contributed by atoms with Crippen LogP contribution in [0.1, 0.15) is 37.5 Å². The van der Waals surface area contributed by atoms with E-state index in [1.54, 1.807) is 32.9 Å². The monoisotopic (exact) mass is 412 g/mol. The SMILES string of the molecule is CC(C)(C)OC(=O)N1CC([C@@H]2Cc3ccccc3C(c3ccc(F)cc3)=N2)[C@H](F)C1. The third-order valence-corrected chi connectivity index (χ3v) is 5.55. The molecule has 4 nitrogen and oxygen atoms in total. The summed E-state index contributed by atoms with van der Waals surface area (Å²) < 4.78 is 33.8. The smallest absolute Gasteiger partial charge is 0.410 e. The highest BCUT2D eigenvalue weighted by molar-refractivity contribution is 6.14. The largest absolute Gasteiger partial charge is 0.444 e. The zero-order chi connectivity index (χ0) is 21.5. The molecule has 1 saturated heterocycles. The molecule has 4 rings (SSSR count). The molecule has 0 bridgehead atoms. The van der Waals surface area contributed by atoms with Crippen molar-refractivity contribution in [2.24, 2.45) is 10.9 Å². The van der Waals surface area contributed by atoms with Crippen molar-refractivity contribution >= 4 is 11.8 Å². The summed E-state index contributed by atoms with van der Waals surface area (Å²) in [6.45, 7) is 5.66. The molecular weight excluding hydrogens is 386 g/mol. The highest BCUT2D eigenvalue weighted by atomic mass is 19.1. The van der Waals surface area contributed by atoms with Gasteiger partial charge in [-0.1, -0.05) is 24.3 Å². The fourth-order valence-corrected chi connectivity index (χ4v) is 4.15. The molecule has 0 radical (unpaired) electrons. The van der Waals surface area contributed by atoms with Crippen molar-refractivity contribution in [1.82, 2.24) is 4.90 Å². The summed E-state index contributed by atoms with van der Waals surface area (Å²) in [6, 6.07) is 13.8. The number of likely N-dealkylation sites (tertiary alicyclic amines) is 1. The summed E-state index contributed by atoms with van der Waals surface area (Å²) in [7, 11) is 0. The Kier molecular flexibility index (Phi) is 5.35. The molecule has 2 aliphatic rings. The molecule has 0 aromatic heterocycles. The summed E-state index contributed by atoms with van der Waals surface area (Å²) >= 11 is 0. The van der Waals surface area contributed by atoms with E-state index in [9.17, 15) is 9.18 Å². The van der Waals surface area contributed by atoms with Gasteiger partial charge in [-0.25, -0.2) is 13.6 Å². The molecular formula is C24H26F2N2O2. The summed E-state index contributed by atoms with van der Waals surface area (Å²) in [5, 5.41) is 0. The quantitative estimate of drug-likeness (QED) is 0.712. The van der Waals surface area contributed by atoms with E-state index in [4.69, 9.17) is 9.73 Å². The van der Waals surface area contributed by atoms with Gasteiger partial charge < -0.3 is 9.64 Å². The molecule has 2 aromatic rings. The van der Waals surface area contributed by atoms with Crippen LogP contribution >= 0.6 is 0 Å². The van der Waals surface area contributed by atoms with Crippen LogP contribution in [0.2, 0.25) is 0 Å². The summed E-state index contributed by atoms with van der Waals surface area (Å²) in [6.07, 6.45) is -1.06. The van der Waals surface area contributed by atoms with Crippen LogP contribution in [0.5, 0.6) is 0 Å². The van der Waals surface area contributed by atoms with Crippen LogP contribution in [0.4, 0.5) is 13.6 Å². The number of hydrogen-bond donors (Lipinski definition) is 0. The van der Waals surface area contributed by atoms with Gasteiger partial charge in [-0.2, -0.15) is 0 Å². The normalized spacial score (nSPS) is 23.7. The number of rotatable bonds is 2. The number of hydrogen-bond acceptors (Lipinski definition) is 3. The van der Waals surface area contributed by atoms with Crippen LogP contribution in [0.25, 0.3) is 0 Å². The maximum atomic E-state index is 15.0. The maximum absolute atomic E-state index is 15.0. The van der Waals surface area contributed by atoms with Gasteiger partial charge in [0.15, 0.2) is 0 Å². The number of fused-ring (bicyclic) bond motifs is 1. The lowest BCUT2D eigenvalue weighted by Crippen LogP contribution is -2.37. The molecule has 2 heterocycles. The van der Waals surface area contributed by atoms with Crippen LogP contribution < -0.4 is 0 Å². The number of halogens is 2. The third kappa shape index (κ3) is 4.23. The molecule has 0 saturated carbocycles.